The highest BCUT2D eigenvalue weighted by Crippen LogP contribution is 2.16. The first-order valence-corrected chi connectivity index (χ1v) is 7.73. The summed E-state index contributed by atoms with van der Waals surface area (Å²) in [5.41, 5.74) is 6.77. The minimum atomic E-state index is -0.420. The van der Waals surface area contributed by atoms with Crippen molar-refractivity contribution in [2.24, 2.45) is 5.73 Å². The molecule has 0 fully saturated rings. The Labute approximate surface area is 153 Å². The lowest BCUT2D eigenvalue weighted by Crippen LogP contribution is -2.26. The van der Waals surface area contributed by atoms with Crippen LogP contribution in [0, 0.1) is 0 Å². The van der Waals surface area contributed by atoms with Crippen molar-refractivity contribution in [3.05, 3.63) is 77.6 Å². The maximum Gasteiger partial charge on any atom is 0.251 e. The van der Waals surface area contributed by atoms with Crippen molar-refractivity contribution in [1.29, 1.82) is 0 Å². The highest BCUT2D eigenvalue weighted by molar-refractivity contribution is 5.94. The second-order valence-corrected chi connectivity index (χ2v) is 5.31. The summed E-state index contributed by atoms with van der Waals surface area (Å²) in [4.78, 5) is 12.3. The van der Waals surface area contributed by atoms with Gasteiger partial charge in [0.05, 0.1) is 6.04 Å². The van der Waals surface area contributed by atoms with Crippen LogP contribution in [0.5, 0.6) is 5.75 Å². The summed E-state index contributed by atoms with van der Waals surface area (Å²) in [6.45, 7) is 1.89. The van der Waals surface area contributed by atoms with E-state index in [1.807, 2.05) is 37.3 Å². The van der Waals surface area contributed by atoms with Gasteiger partial charge in [0.15, 0.2) is 0 Å². The van der Waals surface area contributed by atoms with Gasteiger partial charge in [0.1, 0.15) is 18.2 Å². The van der Waals surface area contributed by atoms with Gasteiger partial charge < -0.3 is 15.8 Å². The molecule has 0 bridgehead atoms. The number of carbonyl (C=O) groups excluding carboxylic acids is 1. The normalized spacial score (nSPS) is 12.0. The van der Waals surface area contributed by atoms with Crippen LogP contribution < -0.4 is 15.8 Å². The second-order valence-electron chi connectivity index (χ2n) is 5.31. The summed E-state index contributed by atoms with van der Waals surface area (Å²) in [5, 5.41) is 2.94. The number of hydrogen-bond acceptors (Lipinski definition) is 3. The molecule has 0 unspecified atom stereocenters. The van der Waals surface area contributed by atoms with E-state index in [0.29, 0.717) is 11.3 Å². The molecule has 0 spiro atoms. The minimum Gasteiger partial charge on any atom is -0.487 e. The Morgan fingerprint density at radius 3 is 2.44 bits per heavy atom. The summed E-state index contributed by atoms with van der Waals surface area (Å²) in [6.07, 6.45) is 1.26. The molecule has 0 aliphatic heterocycles. The van der Waals surface area contributed by atoms with E-state index in [2.05, 4.69) is 5.32 Å². The van der Waals surface area contributed by atoms with E-state index in [-0.39, 0.29) is 37.5 Å². The van der Waals surface area contributed by atoms with Crippen molar-refractivity contribution in [2.45, 2.75) is 13.0 Å². The van der Waals surface area contributed by atoms with E-state index >= 15 is 0 Å². The van der Waals surface area contributed by atoms with Crippen LogP contribution in [0.3, 0.4) is 0 Å². The highest BCUT2D eigenvalue weighted by atomic mass is 35.5. The molecule has 6 heteroatoms. The number of nitrogens with two attached hydrogens (primary N) is 1. The molecule has 4 nitrogen and oxygen atoms in total. The molecule has 0 heterocycles. The van der Waals surface area contributed by atoms with Gasteiger partial charge in [-0.25, -0.2) is 4.39 Å². The van der Waals surface area contributed by atoms with Gasteiger partial charge in [0.25, 0.3) is 5.91 Å². The van der Waals surface area contributed by atoms with Crippen LogP contribution in [0.25, 0.3) is 0 Å². The van der Waals surface area contributed by atoms with Crippen molar-refractivity contribution in [3.63, 3.8) is 0 Å². The Bertz CT molecular complexity index is 690. The number of amides is 1. The van der Waals surface area contributed by atoms with Gasteiger partial charge >= 0.3 is 0 Å². The predicted octanol–water partition coefficient (Wildman–Crippen LogP) is 3.79. The van der Waals surface area contributed by atoms with Crippen molar-refractivity contribution >= 4 is 18.3 Å². The largest absolute Gasteiger partial charge is 0.487 e. The van der Waals surface area contributed by atoms with Crippen molar-refractivity contribution in [3.8, 4) is 5.75 Å². The zero-order valence-corrected chi connectivity index (χ0v) is 14.8. The Morgan fingerprint density at radius 1 is 1.20 bits per heavy atom. The van der Waals surface area contributed by atoms with E-state index in [0.717, 1.165) is 5.56 Å². The molecule has 2 rings (SSSR count). The molecule has 25 heavy (non-hydrogen) atoms. The number of benzene rings is 2. The number of ether oxygens (including phenoxy) is 1. The Balaban J connectivity index is 0.00000312. The molecule has 2 aromatic carbocycles. The number of nitrogens with one attached hydrogen (secondary N) is 1. The predicted molar refractivity (Wildman–Crippen MR) is 99.8 cm³/mol. The number of hydrogen-bond donors (Lipinski definition) is 2. The fraction of sp³-hybridized carbons (Fsp3) is 0.211. The Hall–Kier alpha value is -2.37. The first-order chi connectivity index (χ1) is 11.6. The van der Waals surface area contributed by atoms with E-state index in [1.54, 1.807) is 24.3 Å². The third kappa shape index (κ3) is 6.57. The quantitative estimate of drug-likeness (QED) is 0.785. The molecule has 0 saturated heterocycles. The molecule has 0 saturated carbocycles. The number of carbonyl (C=O) groups is 1. The lowest BCUT2D eigenvalue weighted by atomic mass is 10.1. The van der Waals surface area contributed by atoms with Crippen molar-refractivity contribution in [2.75, 3.05) is 13.2 Å². The molecular formula is C19H22ClFN2O2. The van der Waals surface area contributed by atoms with E-state index in [4.69, 9.17) is 10.5 Å². The van der Waals surface area contributed by atoms with Gasteiger partial charge in [-0.15, -0.1) is 12.4 Å². The maximum absolute atomic E-state index is 13.2. The topological polar surface area (TPSA) is 64.3 Å². The fourth-order valence-electron chi connectivity index (χ4n) is 2.15. The molecule has 1 amide bonds. The average molecular weight is 365 g/mol. The van der Waals surface area contributed by atoms with Crippen LogP contribution >= 0.6 is 12.4 Å². The zero-order valence-electron chi connectivity index (χ0n) is 13.9. The Kier molecular flexibility index (Phi) is 8.67. The minimum absolute atomic E-state index is 0. The van der Waals surface area contributed by atoms with Crippen LogP contribution in [0.1, 0.15) is 28.9 Å². The maximum atomic E-state index is 13.2. The molecule has 2 aromatic rings. The first kappa shape index (κ1) is 20.7. The standard InChI is InChI=1S/C19H21FN2O2.ClH/c1-14(15-5-3-2-4-6-15)22-19(23)16-7-9-18(10-8-16)24-13-17(20)11-12-21;/h2-11,14H,12-13,21H2,1H3,(H,22,23);1H/b17-11+;/t14-;/m1./s1. The van der Waals surface area contributed by atoms with Crippen LogP contribution in [0.4, 0.5) is 4.39 Å². The van der Waals surface area contributed by atoms with Crippen LogP contribution in [-0.2, 0) is 0 Å². The average Bonchev–Trinajstić information content (AvgIpc) is 2.61. The molecule has 0 aliphatic carbocycles. The van der Waals surface area contributed by atoms with E-state index in [1.165, 1.54) is 6.08 Å². The van der Waals surface area contributed by atoms with Gasteiger partial charge in [-0.2, -0.15) is 0 Å². The van der Waals surface area contributed by atoms with Crippen molar-refractivity contribution < 1.29 is 13.9 Å². The van der Waals surface area contributed by atoms with Gasteiger partial charge in [-0.1, -0.05) is 30.3 Å². The van der Waals surface area contributed by atoms with Crippen molar-refractivity contribution in [1.82, 2.24) is 5.32 Å². The summed E-state index contributed by atoms with van der Waals surface area (Å²) in [6, 6.07) is 16.2. The highest BCUT2D eigenvalue weighted by Gasteiger charge is 2.11. The summed E-state index contributed by atoms with van der Waals surface area (Å²) < 4.78 is 18.5. The van der Waals surface area contributed by atoms with Gasteiger partial charge in [-0.05, 0) is 42.8 Å². The lowest BCUT2D eigenvalue weighted by Gasteiger charge is -2.14. The Morgan fingerprint density at radius 2 is 1.84 bits per heavy atom. The number of rotatable bonds is 7. The molecule has 0 radical (unpaired) electrons. The SMILES string of the molecule is C[C@@H](NC(=O)c1ccc(OC/C(F)=C\CN)cc1)c1ccccc1.Cl. The van der Waals surface area contributed by atoms with E-state index < -0.39 is 5.83 Å². The van der Waals surface area contributed by atoms with Gasteiger partial charge in [0, 0.05) is 12.1 Å². The summed E-state index contributed by atoms with van der Waals surface area (Å²) >= 11 is 0. The van der Waals surface area contributed by atoms with Crippen LogP contribution in [0.2, 0.25) is 0 Å². The third-order valence-electron chi connectivity index (χ3n) is 3.48. The fourth-order valence-corrected chi connectivity index (χ4v) is 2.15. The second kappa shape index (κ2) is 10.5. The molecule has 0 aliphatic rings. The number of halogens is 2. The summed E-state index contributed by atoms with van der Waals surface area (Å²) in [7, 11) is 0. The summed E-state index contributed by atoms with van der Waals surface area (Å²) in [5.74, 6) is -0.105. The molecular weight excluding hydrogens is 343 g/mol. The molecule has 0 aromatic heterocycles. The lowest BCUT2D eigenvalue weighted by molar-refractivity contribution is 0.0940. The van der Waals surface area contributed by atoms with Gasteiger partial charge in [-0.3, -0.25) is 4.79 Å². The zero-order chi connectivity index (χ0) is 17.4. The smallest absolute Gasteiger partial charge is 0.251 e. The molecule has 3 N–H and O–H groups in total. The van der Waals surface area contributed by atoms with Gasteiger partial charge in [0.2, 0.25) is 0 Å². The third-order valence-corrected chi connectivity index (χ3v) is 3.48. The molecule has 134 valence electrons. The monoisotopic (exact) mass is 364 g/mol. The van der Waals surface area contributed by atoms with Crippen LogP contribution in [-0.4, -0.2) is 19.1 Å². The van der Waals surface area contributed by atoms with E-state index in [9.17, 15) is 9.18 Å². The first-order valence-electron chi connectivity index (χ1n) is 7.73. The van der Waals surface area contributed by atoms with Crippen LogP contribution in [0.15, 0.2) is 66.5 Å². The molecule has 1 atom stereocenters.